The smallest absolute Gasteiger partial charge is 0.252 e. The lowest BCUT2D eigenvalue weighted by atomic mass is 9.81. The first-order valence-corrected chi connectivity index (χ1v) is 9.54. The molecule has 1 aromatic carbocycles. The summed E-state index contributed by atoms with van der Waals surface area (Å²) in [7, 11) is 0. The molecule has 1 heterocycles. The van der Waals surface area contributed by atoms with Crippen molar-refractivity contribution in [1.82, 2.24) is 10.6 Å². The van der Waals surface area contributed by atoms with E-state index in [0.717, 1.165) is 25.9 Å². The third kappa shape index (κ3) is 6.29. The predicted octanol–water partition coefficient (Wildman–Crippen LogP) is 3.83. The number of hydrogen-bond acceptors (Lipinski definition) is 3. The van der Waals surface area contributed by atoms with Crippen LogP contribution in [0, 0.1) is 10.8 Å². The first-order chi connectivity index (χ1) is 12.1. The molecule has 1 aliphatic rings. The molecular weight excluding hydrogens is 350 g/mol. The number of carbonyl (C=O) groups excluding carboxylic acids is 2. The number of halogens is 1. The Morgan fingerprint density at radius 3 is 2.50 bits per heavy atom. The average molecular weight is 380 g/mol. The summed E-state index contributed by atoms with van der Waals surface area (Å²) in [6, 6.07) is 5.01. The summed E-state index contributed by atoms with van der Waals surface area (Å²) in [6.07, 6.45) is 2.47. The number of piperidine rings is 1. The molecule has 1 fully saturated rings. The topological polar surface area (TPSA) is 70.2 Å². The third-order valence-corrected chi connectivity index (χ3v) is 5.00. The van der Waals surface area contributed by atoms with Crippen LogP contribution in [0.3, 0.4) is 0 Å². The summed E-state index contributed by atoms with van der Waals surface area (Å²) in [6.45, 7) is 10.8. The molecule has 2 amide bonds. The van der Waals surface area contributed by atoms with E-state index in [-0.39, 0.29) is 22.6 Å². The second kappa shape index (κ2) is 8.40. The molecule has 0 unspecified atom stereocenters. The zero-order valence-electron chi connectivity index (χ0n) is 16.2. The number of benzene rings is 1. The molecule has 0 spiro atoms. The zero-order valence-corrected chi connectivity index (χ0v) is 16.9. The van der Waals surface area contributed by atoms with Gasteiger partial charge in [-0.25, -0.2) is 0 Å². The Morgan fingerprint density at radius 2 is 1.88 bits per heavy atom. The lowest BCUT2D eigenvalue weighted by Crippen LogP contribution is -2.42. The molecule has 0 saturated carbocycles. The van der Waals surface area contributed by atoms with E-state index in [4.69, 9.17) is 11.6 Å². The second-order valence-electron chi connectivity index (χ2n) is 8.72. The Hall–Kier alpha value is -1.59. The Kier molecular flexibility index (Phi) is 6.69. The van der Waals surface area contributed by atoms with E-state index in [9.17, 15) is 9.59 Å². The van der Waals surface area contributed by atoms with Crippen molar-refractivity contribution in [2.45, 2.75) is 47.0 Å². The molecular formula is C20H30ClN3O2. The van der Waals surface area contributed by atoms with Crippen molar-refractivity contribution in [3.63, 3.8) is 0 Å². The summed E-state index contributed by atoms with van der Waals surface area (Å²) in [5, 5.41) is 9.57. The van der Waals surface area contributed by atoms with Crippen LogP contribution < -0.4 is 16.0 Å². The highest BCUT2D eigenvalue weighted by Crippen LogP contribution is 2.27. The quantitative estimate of drug-likeness (QED) is 0.728. The van der Waals surface area contributed by atoms with E-state index < -0.39 is 0 Å². The van der Waals surface area contributed by atoms with Crippen LogP contribution in [-0.2, 0) is 4.79 Å². The van der Waals surface area contributed by atoms with E-state index in [1.54, 1.807) is 18.2 Å². The fourth-order valence-corrected chi connectivity index (χ4v) is 3.26. The van der Waals surface area contributed by atoms with Crippen LogP contribution in [0.25, 0.3) is 0 Å². The summed E-state index contributed by atoms with van der Waals surface area (Å²) in [5.74, 6) is -0.282. The number of anilines is 1. The molecule has 1 aliphatic heterocycles. The van der Waals surface area contributed by atoms with Crippen molar-refractivity contribution in [3.05, 3.63) is 28.8 Å². The van der Waals surface area contributed by atoms with Crippen LogP contribution in [0.1, 0.15) is 57.3 Å². The summed E-state index contributed by atoms with van der Waals surface area (Å²) >= 11 is 6.21. The van der Waals surface area contributed by atoms with Crippen molar-refractivity contribution in [2.75, 3.05) is 25.0 Å². The molecule has 0 radical (unpaired) electrons. The van der Waals surface area contributed by atoms with Crippen LogP contribution >= 0.6 is 11.6 Å². The average Bonchev–Trinajstić information content (AvgIpc) is 2.53. The van der Waals surface area contributed by atoms with Crippen molar-refractivity contribution in [2.24, 2.45) is 10.8 Å². The van der Waals surface area contributed by atoms with Crippen LogP contribution in [0.5, 0.6) is 0 Å². The highest BCUT2D eigenvalue weighted by Gasteiger charge is 2.27. The van der Waals surface area contributed by atoms with Gasteiger partial charge in [0.2, 0.25) is 5.91 Å². The SMILES string of the molecule is CC(C)(C)CC(=O)Nc1ccc(Cl)c(C(=O)NCC2(C)CCNCC2)c1. The van der Waals surface area contributed by atoms with Gasteiger partial charge < -0.3 is 16.0 Å². The number of amides is 2. The molecule has 3 N–H and O–H groups in total. The minimum atomic E-state index is -0.207. The van der Waals surface area contributed by atoms with Gasteiger partial charge in [0.05, 0.1) is 10.6 Å². The third-order valence-electron chi connectivity index (χ3n) is 4.67. The molecule has 0 bridgehead atoms. The van der Waals surface area contributed by atoms with E-state index in [2.05, 4.69) is 22.9 Å². The van der Waals surface area contributed by atoms with Gasteiger partial charge in [0.25, 0.3) is 5.91 Å². The van der Waals surface area contributed by atoms with E-state index in [1.165, 1.54) is 0 Å². The normalized spacial score (nSPS) is 16.8. The largest absolute Gasteiger partial charge is 0.351 e. The molecule has 0 aliphatic carbocycles. The van der Waals surface area contributed by atoms with Crippen LogP contribution in [0.15, 0.2) is 18.2 Å². The molecule has 2 rings (SSSR count). The van der Waals surface area contributed by atoms with Crippen LogP contribution in [0.2, 0.25) is 5.02 Å². The van der Waals surface area contributed by atoms with Gasteiger partial charge in [-0.1, -0.05) is 39.3 Å². The van der Waals surface area contributed by atoms with Gasteiger partial charge in [0.15, 0.2) is 0 Å². The highest BCUT2D eigenvalue weighted by atomic mass is 35.5. The summed E-state index contributed by atoms with van der Waals surface area (Å²) in [4.78, 5) is 24.7. The molecule has 0 atom stereocenters. The first-order valence-electron chi connectivity index (χ1n) is 9.16. The van der Waals surface area contributed by atoms with Crippen molar-refractivity contribution >= 4 is 29.1 Å². The van der Waals surface area contributed by atoms with Crippen LogP contribution in [0.4, 0.5) is 5.69 Å². The Morgan fingerprint density at radius 1 is 1.23 bits per heavy atom. The van der Waals surface area contributed by atoms with Gasteiger partial charge in [-0.3, -0.25) is 9.59 Å². The fourth-order valence-electron chi connectivity index (χ4n) is 3.06. The van der Waals surface area contributed by atoms with Gasteiger partial charge in [0, 0.05) is 18.7 Å². The maximum Gasteiger partial charge on any atom is 0.252 e. The van der Waals surface area contributed by atoms with E-state index in [0.29, 0.717) is 29.2 Å². The van der Waals surface area contributed by atoms with Gasteiger partial charge in [0.1, 0.15) is 0 Å². The second-order valence-corrected chi connectivity index (χ2v) is 9.13. The van der Waals surface area contributed by atoms with Gasteiger partial charge in [-0.05, 0) is 55.0 Å². The highest BCUT2D eigenvalue weighted by molar-refractivity contribution is 6.34. The van der Waals surface area contributed by atoms with Gasteiger partial charge in [-0.15, -0.1) is 0 Å². The zero-order chi connectivity index (χ0) is 19.4. The predicted molar refractivity (Wildman–Crippen MR) is 107 cm³/mol. The van der Waals surface area contributed by atoms with Crippen molar-refractivity contribution in [3.8, 4) is 0 Å². The monoisotopic (exact) mass is 379 g/mol. The fraction of sp³-hybridized carbons (Fsp3) is 0.600. The number of carbonyl (C=O) groups is 2. The summed E-state index contributed by atoms with van der Waals surface area (Å²) in [5.41, 5.74) is 0.979. The molecule has 26 heavy (non-hydrogen) atoms. The molecule has 0 aromatic heterocycles. The number of hydrogen-bond donors (Lipinski definition) is 3. The minimum absolute atomic E-state index is 0.0756. The van der Waals surface area contributed by atoms with Gasteiger partial charge >= 0.3 is 0 Å². The van der Waals surface area contributed by atoms with Crippen LogP contribution in [-0.4, -0.2) is 31.4 Å². The van der Waals surface area contributed by atoms with Crippen molar-refractivity contribution < 1.29 is 9.59 Å². The number of rotatable bonds is 5. The molecule has 1 saturated heterocycles. The molecule has 144 valence electrons. The molecule has 6 heteroatoms. The first kappa shape index (κ1) is 20.7. The van der Waals surface area contributed by atoms with Gasteiger partial charge in [-0.2, -0.15) is 0 Å². The maximum absolute atomic E-state index is 12.6. The van der Waals surface area contributed by atoms with Crippen molar-refractivity contribution in [1.29, 1.82) is 0 Å². The minimum Gasteiger partial charge on any atom is -0.351 e. The summed E-state index contributed by atoms with van der Waals surface area (Å²) < 4.78 is 0. The Bertz CT molecular complexity index is 662. The molecule has 5 nitrogen and oxygen atoms in total. The van der Waals surface area contributed by atoms with E-state index >= 15 is 0 Å². The lowest BCUT2D eigenvalue weighted by Gasteiger charge is -2.34. The lowest BCUT2D eigenvalue weighted by molar-refractivity contribution is -0.117. The Labute approximate surface area is 161 Å². The Balaban J connectivity index is 2.01. The maximum atomic E-state index is 12.6. The number of nitrogens with one attached hydrogen (secondary N) is 3. The molecule has 1 aromatic rings. The standard InChI is InChI=1S/C20H30ClN3O2/c1-19(2,3)12-17(25)24-14-5-6-16(21)15(11-14)18(26)23-13-20(4)7-9-22-10-8-20/h5-6,11,22H,7-10,12-13H2,1-4H3,(H,23,26)(H,24,25). The van der Waals surface area contributed by atoms with E-state index in [1.807, 2.05) is 20.8 Å².